The third-order valence-electron chi connectivity index (χ3n) is 3.38. The Hall–Kier alpha value is 0.580. The van der Waals surface area contributed by atoms with E-state index < -0.39 is 0 Å². The highest BCUT2D eigenvalue weighted by atomic mass is 32.1. The van der Waals surface area contributed by atoms with Crippen molar-refractivity contribution in [1.29, 1.82) is 0 Å². The maximum absolute atomic E-state index is 5.90. The highest BCUT2D eigenvalue weighted by Crippen LogP contribution is 2.26. The Balaban J connectivity index is 4.91. The van der Waals surface area contributed by atoms with Crippen LogP contribution in [0.1, 0.15) is 47.0 Å². The smallest absolute Gasteiger partial charge is 0.0928 e. The molecular formula is C15H36N3S2+. The van der Waals surface area contributed by atoms with Crippen molar-refractivity contribution in [2.24, 2.45) is 11.5 Å². The van der Waals surface area contributed by atoms with Gasteiger partial charge in [-0.2, -0.15) is 25.3 Å². The summed E-state index contributed by atoms with van der Waals surface area (Å²) >= 11 is 9.51. The Labute approximate surface area is 137 Å². The fourth-order valence-electron chi connectivity index (χ4n) is 3.17. The number of thiol groups is 2. The molecule has 0 fully saturated rings. The van der Waals surface area contributed by atoms with Gasteiger partial charge in [-0.3, -0.25) is 0 Å². The second-order valence-corrected chi connectivity index (χ2v) is 9.79. The fraction of sp³-hybridized carbons (Fsp3) is 1.00. The number of nitrogens with two attached hydrogens (primary N) is 2. The van der Waals surface area contributed by atoms with Crippen molar-refractivity contribution < 1.29 is 4.48 Å². The molecule has 0 amide bonds. The van der Waals surface area contributed by atoms with Gasteiger partial charge in [0.25, 0.3) is 0 Å². The second kappa shape index (κ2) is 8.89. The Morgan fingerprint density at radius 1 is 0.750 bits per heavy atom. The van der Waals surface area contributed by atoms with Crippen LogP contribution in [0.5, 0.6) is 0 Å². The summed E-state index contributed by atoms with van der Waals surface area (Å²) in [6.07, 6.45) is 3.50. The van der Waals surface area contributed by atoms with Crippen LogP contribution in [0.15, 0.2) is 0 Å². The van der Waals surface area contributed by atoms with Crippen molar-refractivity contribution in [3.05, 3.63) is 0 Å². The van der Waals surface area contributed by atoms with Crippen LogP contribution in [-0.4, -0.2) is 53.2 Å². The Morgan fingerprint density at radius 3 is 1.60 bits per heavy atom. The molecule has 0 aromatic rings. The molecule has 5 heteroatoms. The van der Waals surface area contributed by atoms with E-state index in [4.69, 9.17) is 36.7 Å². The van der Waals surface area contributed by atoms with Gasteiger partial charge in [-0.15, -0.1) is 0 Å². The normalized spacial score (nSPS) is 13.8. The predicted octanol–water partition coefficient (Wildman–Crippen LogP) is 2.31. The van der Waals surface area contributed by atoms with Crippen LogP contribution in [0.3, 0.4) is 0 Å². The van der Waals surface area contributed by atoms with E-state index in [9.17, 15) is 0 Å². The summed E-state index contributed by atoms with van der Waals surface area (Å²) in [4.78, 5) is 0. The molecule has 0 aliphatic heterocycles. The fourth-order valence-corrected chi connectivity index (χ4v) is 3.77. The molecule has 0 aliphatic carbocycles. The van der Waals surface area contributed by atoms with Crippen molar-refractivity contribution in [3.8, 4) is 0 Å². The Bertz CT molecular complexity index is 241. The molecule has 0 atom stereocenters. The maximum atomic E-state index is 5.90. The van der Waals surface area contributed by atoms with Crippen molar-refractivity contribution in [2.45, 2.75) is 56.5 Å². The number of hydrogen-bond acceptors (Lipinski definition) is 4. The molecule has 0 aromatic heterocycles. The summed E-state index contributed by atoms with van der Waals surface area (Å²) in [5.41, 5.74) is 11.5. The van der Waals surface area contributed by atoms with Gasteiger partial charge in [-0.25, -0.2) is 0 Å². The standard InChI is InChI=1S/C15H35N3S2/c1-14(2,19)12-18(11-9-17,13-15(3,4)20)10-7-5-6-8-16/h5-13,16-17H2,1-4H3,(H-,19,20)/p+1. The molecule has 0 saturated carbocycles. The molecule has 122 valence electrons. The molecular weight excluding hydrogens is 286 g/mol. The summed E-state index contributed by atoms with van der Waals surface area (Å²) in [6, 6.07) is 0. The average Bonchev–Trinajstić information content (AvgIpc) is 2.20. The second-order valence-electron chi connectivity index (χ2n) is 7.37. The molecule has 0 spiro atoms. The van der Waals surface area contributed by atoms with E-state index in [0.29, 0.717) is 6.54 Å². The van der Waals surface area contributed by atoms with E-state index in [0.717, 1.165) is 43.6 Å². The third kappa shape index (κ3) is 10.3. The zero-order valence-corrected chi connectivity index (χ0v) is 15.6. The van der Waals surface area contributed by atoms with E-state index in [1.807, 2.05) is 0 Å². The monoisotopic (exact) mass is 322 g/mol. The van der Waals surface area contributed by atoms with Crippen LogP contribution in [0.2, 0.25) is 0 Å². The first-order valence-electron chi connectivity index (χ1n) is 7.74. The van der Waals surface area contributed by atoms with Crippen LogP contribution < -0.4 is 11.5 Å². The third-order valence-corrected chi connectivity index (χ3v) is 3.67. The molecule has 0 aromatic carbocycles. The van der Waals surface area contributed by atoms with E-state index in [-0.39, 0.29) is 9.49 Å². The minimum Gasteiger partial charge on any atom is -0.330 e. The lowest BCUT2D eigenvalue weighted by molar-refractivity contribution is -0.929. The number of nitrogens with zero attached hydrogens (tertiary/aromatic N) is 1. The summed E-state index contributed by atoms with van der Waals surface area (Å²) in [7, 11) is 0. The van der Waals surface area contributed by atoms with Gasteiger partial charge in [0.1, 0.15) is 0 Å². The SMILES string of the molecule is CC(C)(S)C[N+](CCN)(CCCCCN)CC(C)(C)S. The minimum atomic E-state index is 0.00205. The first kappa shape index (κ1) is 20.6. The average molecular weight is 323 g/mol. The highest BCUT2D eigenvalue weighted by Gasteiger charge is 2.36. The number of rotatable bonds is 11. The number of hydrogen-bond donors (Lipinski definition) is 4. The molecule has 0 unspecified atom stereocenters. The lowest BCUT2D eigenvalue weighted by Gasteiger charge is -2.45. The Morgan fingerprint density at radius 2 is 1.25 bits per heavy atom. The largest absolute Gasteiger partial charge is 0.330 e. The van der Waals surface area contributed by atoms with Gasteiger partial charge in [-0.1, -0.05) is 0 Å². The van der Waals surface area contributed by atoms with E-state index in [1.54, 1.807) is 0 Å². The van der Waals surface area contributed by atoms with Gasteiger partial charge >= 0.3 is 0 Å². The van der Waals surface area contributed by atoms with Crippen LogP contribution in [0.25, 0.3) is 0 Å². The van der Waals surface area contributed by atoms with E-state index in [1.165, 1.54) is 12.8 Å². The van der Waals surface area contributed by atoms with Crippen molar-refractivity contribution in [1.82, 2.24) is 0 Å². The van der Waals surface area contributed by atoms with Crippen molar-refractivity contribution in [2.75, 3.05) is 39.3 Å². The van der Waals surface area contributed by atoms with Crippen LogP contribution >= 0.6 is 25.3 Å². The quantitative estimate of drug-likeness (QED) is 0.268. The molecule has 4 N–H and O–H groups in total. The molecule has 0 saturated heterocycles. The lowest BCUT2D eigenvalue weighted by atomic mass is 10.0. The molecule has 3 nitrogen and oxygen atoms in total. The molecule has 0 bridgehead atoms. The zero-order valence-electron chi connectivity index (χ0n) is 13.9. The van der Waals surface area contributed by atoms with Gasteiger partial charge in [0, 0.05) is 6.54 Å². The van der Waals surface area contributed by atoms with Crippen molar-refractivity contribution in [3.63, 3.8) is 0 Å². The van der Waals surface area contributed by atoms with Crippen LogP contribution in [-0.2, 0) is 0 Å². The molecule has 0 rings (SSSR count). The van der Waals surface area contributed by atoms with Gasteiger partial charge < -0.3 is 16.0 Å². The van der Waals surface area contributed by atoms with Crippen LogP contribution in [0.4, 0.5) is 0 Å². The lowest BCUT2D eigenvalue weighted by Crippen LogP contribution is -2.60. The maximum Gasteiger partial charge on any atom is 0.0928 e. The Kier molecular flexibility index (Phi) is 9.14. The van der Waals surface area contributed by atoms with Crippen LogP contribution in [0, 0.1) is 0 Å². The first-order chi connectivity index (χ1) is 9.04. The van der Waals surface area contributed by atoms with Gasteiger partial charge in [0.15, 0.2) is 0 Å². The van der Waals surface area contributed by atoms with E-state index >= 15 is 0 Å². The highest BCUT2D eigenvalue weighted by molar-refractivity contribution is 7.82. The topological polar surface area (TPSA) is 52.0 Å². The van der Waals surface area contributed by atoms with Gasteiger partial charge in [-0.05, 0) is 53.5 Å². The zero-order chi connectivity index (χ0) is 15.9. The molecule has 0 radical (unpaired) electrons. The van der Waals surface area contributed by atoms with Gasteiger partial charge in [0.05, 0.1) is 35.7 Å². The molecule has 20 heavy (non-hydrogen) atoms. The summed E-state index contributed by atoms with van der Waals surface area (Å²) < 4.78 is 1.01. The first-order valence-corrected chi connectivity index (χ1v) is 8.63. The number of unbranched alkanes of at least 4 members (excludes halogenated alkanes) is 2. The summed E-state index contributed by atoms with van der Waals surface area (Å²) in [5.74, 6) is 0. The molecule has 0 aliphatic rings. The predicted molar refractivity (Wildman–Crippen MR) is 97.8 cm³/mol. The summed E-state index contributed by atoms with van der Waals surface area (Å²) in [6.45, 7) is 14.4. The van der Waals surface area contributed by atoms with Crippen molar-refractivity contribution >= 4 is 25.3 Å². The summed E-state index contributed by atoms with van der Waals surface area (Å²) in [5, 5.41) is 0. The molecule has 0 heterocycles. The minimum absolute atomic E-state index is 0.00205. The van der Waals surface area contributed by atoms with Gasteiger partial charge in [0.2, 0.25) is 0 Å². The van der Waals surface area contributed by atoms with E-state index in [2.05, 4.69) is 27.7 Å². The number of quaternary nitrogens is 1.